The van der Waals surface area contributed by atoms with Crippen LogP contribution in [0.4, 0.5) is 15.5 Å². The quantitative estimate of drug-likeness (QED) is 0.366. The lowest BCUT2D eigenvalue weighted by atomic mass is 10.1. The van der Waals surface area contributed by atoms with Gasteiger partial charge in [0.1, 0.15) is 9.88 Å². The van der Waals surface area contributed by atoms with E-state index in [1.54, 1.807) is 20.8 Å². The van der Waals surface area contributed by atoms with Crippen LogP contribution < -0.4 is 16.4 Å². The number of benzene rings is 1. The van der Waals surface area contributed by atoms with Crippen LogP contribution in [0.25, 0.3) is 0 Å². The van der Waals surface area contributed by atoms with Crippen LogP contribution >= 0.6 is 11.3 Å². The minimum absolute atomic E-state index is 0.0297. The Morgan fingerprint density at radius 3 is 2.06 bits per heavy atom. The Kier molecular flexibility index (Phi) is 8.92. The summed E-state index contributed by atoms with van der Waals surface area (Å²) in [4.78, 5) is 60.1. The zero-order chi connectivity index (χ0) is 24.5. The van der Waals surface area contributed by atoms with Crippen LogP contribution in [-0.2, 0) is 19.0 Å². The van der Waals surface area contributed by atoms with Crippen molar-refractivity contribution in [3.8, 4) is 0 Å². The molecule has 0 aliphatic heterocycles. The SMILES string of the molecule is CCOC(=O)c1sc(NC(=O)COC(=O)c2ccc(NC(N)=O)cc2)c(C(=O)OCC)c1C. The van der Waals surface area contributed by atoms with E-state index in [2.05, 4.69) is 10.6 Å². The van der Waals surface area contributed by atoms with Gasteiger partial charge >= 0.3 is 23.9 Å². The standard InChI is InChI=1S/C21H23N3O8S/c1-4-30-19(27)15-11(3)16(20(28)31-5-2)33-17(15)24-14(25)10-32-18(26)12-6-8-13(9-7-12)23-21(22)29/h6-9H,4-5,10H2,1-3H3,(H,24,25)(H3,22,23,29). The highest BCUT2D eigenvalue weighted by Crippen LogP contribution is 2.34. The summed E-state index contributed by atoms with van der Waals surface area (Å²) in [6.07, 6.45) is 0. The van der Waals surface area contributed by atoms with E-state index in [1.807, 2.05) is 0 Å². The van der Waals surface area contributed by atoms with Gasteiger partial charge in [0, 0.05) is 5.69 Å². The molecule has 1 heterocycles. The summed E-state index contributed by atoms with van der Waals surface area (Å²) in [6.45, 7) is 4.41. The summed E-state index contributed by atoms with van der Waals surface area (Å²) in [5.41, 5.74) is 5.88. The molecule has 2 aromatic rings. The molecule has 0 atom stereocenters. The highest BCUT2D eigenvalue weighted by atomic mass is 32.1. The second-order valence-electron chi connectivity index (χ2n) is 6.39. The van der Waals surface area contributed by atoms with Crippen LogP contribution in [0.2, 0.25) is 0 Å². The van der Waals surface area contributed by atoms with Crippen molar-refractivity contribution in [2.75, 3.05) is 30.5 Å². The predicted molar refractivity (Wildman–Crippen MR) is 120 cm³/mol. The molecular weight excluding hydrogens is 454 g/mol. The molecule has 0 aliphatic rings. The van der Waals surface area contributed by atoms with Crippen molar-refractivity contribution in [1.82, 2.24) is 0 Å². The Hall–Kier alpha value is -3.93. The molecule has 0 aliphatic carbocycles. The van der Waals surface area contributed by atoms with E-state index in [0.29, 0.717) is 11.3 Å². The Morgan fingerprint density at radius 2 is 1.48 bits per heavy atom. The average Bonchev–Trinajstić information content (AvgIpc) is 3.08. The van der Waals surface area contributed by atoms with E-state index in [-0.39, 0.29) is 34.2 Å². The fourth-order valence-corrected chi connectivity index (χ4v) is 3.76. The van der Waals surface area contributed by atoms with E-state index in [1.165, 1.54) is 24.3 Å². The van der Waals surface area contributed by atoms with Gasteiger partial charge in [-0.3, -0.25) is 4.79 Å². The number of nitrogens with one attached hydrogen (secondary N) is 2. The minimum atomic E-state index is -0.782. The molecule has 0 spiro atoms. The summed E-state index contributed by atoms with van der Waals surface area (Å²) in [5.74, 6) is -2.85. The third-order valence-corrected chi connectivity index (χ3v) is 5.25. The first-order chi connectivity index (χ1) is 15.7. The van der Waals surface area contributed by atoms with Crippen LogP contribution in [0.15, 0.2) is 24.3 Å². The molecule has 1 aromatic heterocycles. The first-order valence-corrected chi connectivity index (χ1v) is 10.6. The monoisotopic (exact) mass is 477 g/mol. The van der Waals surface area contributed by atoms with Crippen molar-refractivity contribution in [2.45, 2.75) is 20.8 Å². The molecule has 176 valence electrons. The molecule has 12 heteroatoms. The van der Waals surface area contributed by atoms with Gasteiger partial charge in [0.15, 0.2) is 6.61 Å². The van der Waals surface area contributed by atoms with Crippen LogP contribution in [-0.4, -0.2) is 49.7 Å². The topological polar surface area (TPSA) is 163 Å². The third-order valence-electron chi connectivity index (χ3n) is 4.06. The summed E-state index contributed by atoms with van der Waals surface area (Å²) >= 11 is 0.861. The number of ether oxygens (including phenoxy) is 3. The maximum Gasteiger partial charge on any atom is 0.348 e. The number of anilines is 2. The van der Waals surface area contributed by atoms with Gasteiger partial charge in [0.2, 0.25) is 0 Å². The number of thiophene rings is 1. The second kappa shape index (κ2) is 11.6. The van der Waals surface area contributed by atoms with Gasteiger partial charge in [0.05, 0.1) is 24.3 Å². The van der Waals surface area contributed by atoms with Crippen LogP contribution in [0.3, 0.4) is 0 Å². The van der Waals surface area contributed by atoms with Crippen LogP contribution in [0.1, 0.15) is 49.8 Å². The molecular formula is C21H23N3O8S. The van der Waals surface area contributed by atoms with Gasteiger partial charge in [0.25, 0.3) is 5.91 Å². The third kappa shape index (κ3) is 6.77. The van der Waals surface area contributed by atoms with E-state index in [0.717, 1.165) is 11.3 Å². The lowest BCUT2D eigenvalue weighted by Gasteiger charge is -2.08. The van der Waals surface area contributed by atoms with E-state index < -0.39 is 36.5 Å². The molecule has 1 aromatic carbocycles. The zero-order valence-corrected chi connectivity index (χ0v) is 19.0. The number of hydrogen-bond donors (Lipinski definition) is 3. The van der Waals surface area contributed by atoms with Crippen molar-refractivity contribution in [2.24, 2.45) is 5.73 Å². The molecule has 33 heavy (non-hydrogen) atoms. The molecule has 3 amide bonds. The molecule has 0 fully saturated rings. The van der Waals surface area contributed by atoms with Crippen molar-refractivity contribution in [1.29, 1.82) is 0 Å². The number of hydrogen-bond acceptors (Lipinski definition) is 9. The number of carbonyl (C=O) groups is 5. The predicted octanol–water partition coefficient (Wildman–Crippen LogP) is 2.70. The van der Waals surface area contributed by atoms with E-state index in [9.17, 15) is 24.0 Å². The summed E-state index contributed by atoms with van der Waals surface area (Å²) in [6, 6.07) is 4.91. The van der Waals surface area contributed by atoms with E-state index in [4.69, 9.17) is 19.9 Å². The Bertz CT molecular complexity index is 1060. The van der Waals surface area contributed by atoms with Crippen LogP contribution in [0, 0.1) is 6.92 Å². The maximum atomic E-state index is 12.4. The van der Waals surface area contributed by atoms with E-state index >= 15 is 0 Å². The van der Waals surface area contributed by atoms with Gasteiger partial charge in [-0.15, -0.1) is 11.3 Å². The summed E-state index contributed by atoms with van der Waals surface area (Å²) in [7, 11) is 0. The molecule has 0 bridgehead atoms. The molecule has 0 radical (unpaired) electrons. The fourth-order valence-electron chi connectivity index (χ4n) is 2.65. The summed E-state index contributed by atoms with van der Waals surface area (Å²) < 4.78 is 15.0. The lowest BCUT2D eigenvalue weighted by molar-refractivity contribution is -0.119. The van der Waals surface area contributed by atoms with Crippen LogP contribution in [0.5, 0.6) is 0 Å². The van der Waals surface area contributed by atoms with Crippen molar-refractivity contribution in [3.63, 3.8) is 0 Å². The Balaban J connectivity index is 2.10. The van der Waals surface area contributed by atoms with Gasteiger partial charge in [-0.1, -0.05) is 0 Å². The molecule has 0 saturated heterocycles. The van der Waals surface area contributed by atoms with Gasteiger partial charge < -0.3 is 30.6 Å². The number of rotatable bonds is 9. The van der Waals surface area contributed by atoms with Gasteiger partial charge in [-0.2, -0.15) is 0 Å². The van der Waals surface area contributed by atoms with Gasteiger partial charge in [-0.05, 0) is 50.6 Å². The minimum Gasteiger partial charge on any atom is -0.462 e. The molecule has 11 nitrogen and oxygen atoms in total. The molecule has 0 saturated carbocycles. The lowest BCUT2D eigenvalue weighted by Crippen LogP contribution is -2.22. The fraction of sp³-hybridized carbons (Fsp3) is 0.286. The Labute approximate surface area is 193 Å². The number of nitrogens with two attached hydrogens (primary N) is 1. The molecule has 0 unspecified atom stereocenters. The molecule has 4 N–H and O–H groups in total. The normalized spacial score (nSPS) is 10.2. The highest BCUT2D eigenvalue weighted by molar-refractivity contribution is 7.18. The summed E-state index contributed by atoms with van der Waals surface area (Å²) in [5, 5.41) is 4.91. The van der Waals surface area contributed by atoms with Gasteiger partial charge in [-0.25, -0.2) is 19.2 Å². The first kappa shape index (κ1) is 25.3. The largest absolute Gasteiger partial charge is 0.462 e. The smallest absolute Gasteiger partial charge is 0.348 e. The second-order valence-corrected chi connectivity index (χ2v) is 7.41. The number of urea groups is 1. The molecule has 2 rings (SSSR count). The number of esters is 3. The number of amides is 3. The number of primary amides is 1. The zero-order valence-electron chi connectivity index (χ0n) is 18.2. The average molecular weight is 477 g/mol. The van der Waals surface area contributed by atoms with Crippen molar-refractivity contribution in [3.05, 3.63) is 45.8 Å². The Morgan fingerprint density at radius 1 is 0.879 bits per heavy atom. The number of carbonyl (C=O) groups excluding carboxylic acids is 5. The maximum absolute atomic E-state index is 12.4. The highest BCUT2D eigenvalue weighted by Gasteiger charge is 2.27. The first-order valence-electron chi connectivity index (χ1n) is 9.79. The van der Waals surface area contributed by atoms with Crippen molar-refractivity contribution < 1.29 is 38.2 Å². The van der Waals surface area contributed by atoms with Crippen molar-refractivity contribution >= 4 is 51.9 Å².